The fourth-order valence-electron chi connectivity index (χ4n) is 1.98. The first-order chi connectivity index (χ1) is 9.97. The molecule has 0 aliphatic heterocycles. The Morgan fingerprint density at radius 2 is 1.90 bits per heavy atom. The highest BCUT2D eigenvalue weighted by Gasteiger charge is 2.09. The van der Waals surface area contributed by atoms with Gasteiger partial charge in [-0.1, -0.05) is 38.1 Å². The SMILES string of the molecule is CC(C)NCc1ccc(-c2cccc([N+](=O)[O-])c2)cc1F. The van der Waals surface area contributed by atoms with Crippen molar-refractivity contribution in [1.29, 1.82) is 0 Å². The molecule has 0 saturated heterocycles. The number of hydrogen-bond donors (Lipinski definition) is 1. The highest BCUT2D eigenvalue weighted by molar-refractivity contribution is 5.66. The zero-order valence-corrected chi connectivity index (χ0v) is 12.0. The summed E-state index contributed by atoms with van der Waals surface area (Å²) < 4.78 is 14.1. The van der Waals surface area contributed by atoms with Crippen molar-refractivity contribution in [1.82, 2.24) is 5.32 Å². The van der Waals surface area contributed by atoms with Crippen molar-refractivity contribution in [2.45, 2.75) is 26.4 Å². The molecule has 0 radical (unpaired) electrons. The van der Waals surface area contributed by atoms with Crippen molar-refractivity contribution >= 4 is 5.69 Å². The predicted octanol–water partition coefficient (Wildman–Crippen LogP) is 3.90. The van der Waals surface area contributed by atoms with E-state index in [0.29, 0.717) is 23.2 Å². The normalized spacial score (nSPS) is 10.9. The molecule has 2 aromatic carbocycles. The number of nitrogens with zero attached hydrogens (tertiary/aromatic N) is 1. The van der Waals surface area contributed by atoms with Crippen molar-refractivity contribution in [2.24, 2.45) is 0 Å². The molecular formula is C16H17FN2O2. The fraction of sp³-hybridized carbons (Fsp3) is 0.250. The zero-order valence-electron chi connectivity index (χ0n) is 12.0. The van der Waals surface area contributed by atoms with E-state index in [1.165, 1.54) is 18.2 Å². The number of hydrogen-bond acceptors (Lipinski definition) is 3. The van der Waals surface area contributed by atoms with Crippen LogP contribution in [0.1, 0.15) is 19.4 Å². The number of rotatable bonds is 5. The van der Waals surface area contributed by atoms with Crippen molar-refractivity contribution in [3.63, 3.8) is 0 Å². The van der Waals surface area contributed by atoms with Crippen LogP contribution in [-0.2, 0) is 6.54 Å². The molecule has 0 bridgehead atoms. The highest BCUT2D eigenvalue weighted by atomic mass is 19.1. The minimum absolute atomic E-state index is 0.00143. The molecule has 0 heterocycles. The van der Waals surface area contributed by atoms with Gasteiger partial charge in [0.25, 0.3) is 5.69 Å². The first-order valence-corrected chi connectivity index (χ1v) is 6.74. The molecule has 0 unspecified atom stereocenters. The molecule has 0 saturated carbocycles. The van der Waals surface area contributed by atoms with E-state index < -0.39 is 4.92 Å². The van der Waals surface area contributed by atoms with Crippen LogP contribution < -0.4 is 5.32 Å². The summed E-state index contributed by atoms with van der Waals surface area (Å²) >= 11 is 0. The number of benzene rings is 2. The van der Waals surface area contributed by atoms with E-state index in [9.17, 15) is 14.5 Å². The van der Waals surface area contributed by atoms with Gasteiger partial charge >= 0.3 is 0 Å². The third-order valence-corrected chi connectivity index (χ3v) is 3.14. The summed E-state index contributed by atoms with van der Waals surface area (Å²) in [7, 11) is 0. The van der Waals surface area contributed by atoms with Gasteiger partial charge in [0.1, 0.15) is 5.82 Å². The van der Waals surface area contributed by atoms with E-state index in [-0.39, 0.29) is 17.5 Å². The summed E-state index contributed by atoms with van der Waals surface area (Å²) in [6.07, 6.45) is 0. The maximum Gasteiger partial charge on any atom is 0.270 e. The van der Waals surface area contributed by atoms with E-state index in [2.05, 4.69) is 5.32 Å². The minimum atomic E-state index is -0.458. The Kier molecular flexibility index (Phi) is 4.65. The summed E-state index contributed by atoms with van der Waals surface area (Å²) in [5, 5.41) is 13.9. The van der Waals surface area contributed by atoms with Gasteiger partial charge < -0.3 is 5.32 Å². The maximum atomic E-state index is 14.1. The Labute approximate surface area is 122 Å². The van der Waals surface area contributed by atoms with Gasteiger partial charge in [-0.15, -0.1) is 0 Å². The van der Waals surface area contributed by atoms with Crippen LogP contribution in [0.25, 0.3) is 11.1 Å². The van der Waals surface area contributed by atoms with Crippen molar-refractivity contribution in [3.05, 3.63) is 64.0 Å². The number of nitro groups is 1. The van der Waals surface area contributed by atoms with Gasteiger partial charge in [-0.05, 0) is 17.2 Å². The van der Waals surface area contributed by atoms with E-state index >= 15 is 0 Å². The molecule has 2 aromatic rings. The molecule has 5 heteroatoms. The molecule has 4 nitrogen and oxygen atoms in total. The topological polar surface area (TPSA) is 55.2 Å². The van der Waals surface area contributed by atoms with E-state index in [0.717, 1.165) is 0 Å². The Hall–Kier alpha value is -2.27. The van der Waals surface area contributed by atoms with Crippen LogP contribution in [0, 0.1) is 15.9 Å². The maximum absolute atomic E-state index is 14.1. The minimum Gasteiger partial charge on any atom is -0.310 e. The molecule has 0 fully saturated rings. The zero-order chi connectivity index (χ0) is 15.4. The lowest BCUT2D eigenvalue weighted by atomic mass is 10.0. The standard InChI is InChI=1S/C16H17FN2O2/c1-11(2)18-10-14-7-6-13(9-16(14)17)12-4-3-5-15(8-12)19(20)21/h3-9,11,18H,10H2,1-2H3. The van der Waals surface area contributed by atoms with Crippen LogP contribution in [0.5, 0.6) is 0 Å². The summed E-state index contributed by atoms with van der Waals surface area (Å²) in [5.74, 6) is -0.313. The first kappa shape index (κ1) is 15.1. The molecule has 0 aliphatic carbocycles. The molecule has 2 rings (SSSR count). The van der Waals surface area contributed by atoms with Crippen molar-refractivity contribution in [3.8, 4) is 11.1 Å². The van der Waals surface area contributed by atoms with Gasteiger partial charge in [-0.2, -0.15) is 0 Å². The van der Waals surface area contributed by atoms with E-state index in [1.807, 2.05) is 13.8 Å². The van der Waals surface area contributed by atoms with Gasteiger partial charge in [0, 0.05) is 30.3 Å². The van der Waals surface area contributed by atoms with Gasteiger partial charge in [0.05, 0.1) is 4.92 Å². The second-order valence-corrected chi connectivity index (χ2v) is 5.15. The second-order valence-electron chi connectivity index (χ2n) is 5.15. The lowest BCUT2D eigenvalue weighted by Crippen LogP contribution is -2.22. The quantitative estimate of drug-likeness (QED) is 0.670. The van der Waals surface area contributed by atoms with Crippen LogP contribution in [0.3, 0.4) is 0 Å². The Morgan fingerprint density at radius 1 is 1.19 bits per heavy atom. The lowest BCUT2D eigenvalue weighted by molar-refractivity contribution is -0.384. The number of nitro benzene ring substituents is 1. The smallest absolute Gasteiger partial charge is 0.270 e. The van der Waals surface area contributed by atoms with Gasteiger partial charge in [0.2, 0.25) is 0 Å². The number of nitrogens with one attached hydrogen (secondary N) is 1. The van der Waals surface area contributed by atoms with Crippen molar-refractivity contribution in [2.75, 3.05) is 0 Å². The van der Waals surface area contributed by atoms with Crippen molar-refractivity contribution < 1.29 is 9.31 Å². The predicted molar refractivity (Wildman–Crippen MR) is 80.5 cm³/mol. The summed E-state index contributed by atoms with van der Waals surface area (Å²) in [6.45, 7) is 4.45. The number of non-ortho nitro benzene ring substituents is 1. The Morgan fingerprint density at radius 3 is 2.52 bits per heavy atom. The van der Waals surface area contributed by atoms with E-state index in [4.69, 9.17) is 0 Å². The Bertz CT molecular complexity index is 656. The Balaban J connectivity index is 2.27. The third kappa shape index (κ3) is 3.86. The highest BCUT2D eigenvalue weighted by Crippen LogP contribution is 2.25. The summed E-state index contributed by atoms with van der Waals surface area (Å²) in [6, 6.07) is 11.4. The fourth-order valence-corrected chi connectivity index (χ4v) is 1.98. The van der Waals surface area contributed by atoms with E-state index in [1.54, 1.807) is 24.3 Å². The molecule has 21 heavy (non-hydrogen) atoms. The van der Waals surface area contributed by atoms with Crippen LogP contribution in [0.4, 0.5) is 10.1 Å². The van der Waals surface area contributed by atoms with Crippen LogP contribution >= 0.6 is 0 Å². The van der Waals surface area contributed by atoms with Gasteiger partial charge in [0.15, 0.2) is 0 Å². The molecule has 1 N–H and O–H groups in total. The molecule has 0 amide bonds. The molecule has 0 aromatic heterocycles. The molecular weight excluding hydrogens is 271 g/mol. The summed E-state index contributed by atoms with van der Waals surface area (Å²) in [5.41, 5.74) is 1.84. The first-order valence-electron chi connectivity index (χ1n) is 6.74. The average molecular weight is 288 g/mol. The molecule has 0 aliphatic rings. The number of halogens is 1. The summed E-state index contributed by atoms with van der Waals surface area (Å²) in [4.78, 5) is 10.3. The molecule has 110 valence electrons. The van der Waals surface area contributed by atoms with Gasteiger partial charge in [-0.3, -0.25) is 10.1 Å². The second kappa shape index (κ2) is 6.45. The van der Waals surface area contributed by atoms with Gasteiger partial charge in [-0.25, -0.2) is 4.39 Å². The lowest BCUT2D eigenvalue weighted by Gasteiger charge is -2.10. The van der Waals surface area contributed by atoms with Crippen LogP contribution in [0.15, 0.2) is 42.5 Å². The van der Waals surface area contributed by atoms with Crippen LogP contribution in [-0.4, -0.2) is 11.0 Å². The molecule has 0 atom stereocenters. The average Bonchev–Trinajstić information content (AvgIpc) is 2.46. The van der Waals surface area contributed by atoms with Crippen LogP contribution in [0.2, 0.25) is 0 Å². The largest absolute Gasteiger partial charge is 0.310 e. The third-order valence-electron chi connectivity index (χ3n) is 3.14. The molecule has 0 spiro atoms. The monoisotopic (exact) mass is 288 g/mol.